The smallest absolute Gasteiger partial charge is 0.234 e. The first-order chi connectivity index (χ1) is 8.88. The second kappa shape index (κ2) is 5.29. The zero-order chi connectivity index (χ0) is 12.4. The average Bonchev–Trinajstić information content (AvgIpc) is 3.03. The Hall–Kier alpha value is -1.05. The number of nitrogens with two attached hydrogens (primary N) is 1. The van der Waals surface area contributed by atoms with Crippen LogP contribution in [0.3, 0.4) is 0 Å². The largest absolute Gasteiger partial charge is 0.370 e. The van der Waals surface area contributed by atoms with Crippen LogP contribution in [-0.4, -0.2) is 33.0 Å². The molecule has 1 aliphatic heterocycles. The average molecular weight is 267 g/mol. The van der Waals surface area contributed by atoms with E-state index in [9.17, 15) is 0 Å². The molecule has 0 saturated carbocycles. The maximum Gasteiger partial charge on any atom is 0.234 e. The molecule has 3 rings (SSSR count). The van der Waals surface area contributed by atoms with E-state index < -0.39 is 0 Å². The van der Waals surface area contributed by atoms with Crippen molar-refractivity contribution in [3.63, 3.8) is 0 Å². The third-order valence-electron chi connectivity index (χ3n) is 3.12. The van der Waals surface area contributed by atoms with Crippen molar-refractivity contribution < 1.29 is 4.74 Å². The SMILES string of the molecule is NCCCCc1nn2c(C3CCCO3)nnc2s1. The Labute approximate surface area is 109 Å². The lowest BCUT2D eigenvalue weighted by molar-refractivity contribution is 0.103. The van der Waals surface area contributed by atoms with Crippen molar-refractivity contribution in [2.45, 2.75) is 38.2 Å². The van der Waals surface area contributed by atoms with E-state index >= 15 is 0 Å². The molecule has 0 aromatic carbocycles. The highest BCUT2D eigenvalue weighted by Crippen LogP contribution is 2.28. The minimum Gasteiger partial charge on any atom is -0.370 e. The first kappa shape index (κ1) is 12.0. The molecule has 0 radical (unpaired) electrons. The summed E-state index contributed by atoms with van der Waals surface area (Å²) in [5.74, 6) is 0.851. The van der Waals surface area contributed by atoms with Crippen molar-refractivity contribution in [2.75, 3.05) is 13.2 Å². The van der Waals surface area contributed by atoms with E-state index in [0.717, 1.165) is 61.0 Å². The predicted molar refractivity (Wildman–Crippen MR) is 68.6 cm³/mol. The van der Waals surface area contributed by atoms with Crippen LogP contribution in [0.2, 0.25) is 0 Å². The van der Waals surface area contributed by atoms with Gasteiger partial charge in [-0.1, -0.05) is 11.3 Å². The van der Waals surface area contributed by atoms with Gasteiger partial charge in [0.1, 0.15) is 11.1 Å². The number of rotatable bonds is 5. The molecule has 3 heterocycles. The molecule has 7 heteroatoms. The van der Waals surface area contributed by atoms with Crippen molar-refractivity contribution in [2.24, 2.45) is 5.73 Å². The lowest BCUT2D eigenvalue weighted by Gasteiger charge is -2.04. The third-order valence-corrected chi connectivity index (χ3v) is 4.08. The number of hydrogen-bond acceptors (Lipinski definition) is 6. The minimum absolute atomic E-state index is 0.0685. The van der Waals surface area contributed by atoms with Crippen LogP contribution in [0.25, 0.3) is 4.96 Å². The summed E-state index contributed by atoms with van der Waals surface area (Å²) in [5, 5.41) is 14.0. The van der Waals surface area contributed by atoms with Gasteiger partial charge in [0.15, 0.2) is 5.82 Å². The highest BCUT2D eigenvalue weighted by atomic mass is 32.1. The quantitative estimate of drug-likeness (QED) is 0.827. The number of unbranched alkanes of at least 4 members (excludes halogenated alkanes) is 1. The fourth-order valence-corrected chi connectivity index (χ4v) is 3.06. The van der Waals surface area contributed by atoms with Crippen LogP contribution < -0.4 is 5.73 Å². The minimum atomic E-state index is 0.0685. The van der Waals surface area contributed by atoms with Gasteiger partial charge in [0, 0.05) is 13.0 Å². The first-order valence-corrected chi connectivity index (χ1v) is 7.23. The van der Waals surface area contributed by atoms with Crippen LogP contribution >= 0.6 is 11.3 Å². The van der Waals surface area contributed by atoms with E-state index in [1.54, 1.807) is 11.3 Å². The first-order valence-electron chi connectivity index (χ1n) is 6.41. The highest BCUT2D eigenvalue weighted by molar-refractivity contribution is 7.16. The molecule has 1 unspecified atom stereocenters. The molecular formula is C11H17N5OS. The lowest BCUT2D eigenvalue weighted by Crippen LogP contribution is -2.04. The second-order valence-electron chi connectivity index (χ2n) is 4.50. The fraction of sp³-hybridized carbons (Fsp3) is 0.727. The molecule has 1 fully saturated rings. The van der Waals surface area contributed by atoms with Gasteiger partial charge in [-0.05, 0) is 32.2 Å². The molecule has 1 aliphatic rings. The summed E-state index contributed by atoms with van der Waals surface area (Å²) in [7, 11) is 0. The summed E-state index contributed by atoms with van der Waals surface area (Å²) in [6.07, 6.45) is 5.26. The summed E-state index contributed by atoms with van der Waals surface area (Å²) < 4.78 is 7.48. The molecule has 1 saturated heterocycles. The summed E-state index contributed by atoms with van der Waals surface area (Å²) in [4.78, 5) is 0.864. The van der Waals surface area contributed by atoms with Crippen molar-refractivity contribution in [1.29, 1.82) is 0 Å². The predicted octanol–water partition coefficient (Wildman–Crippen LogP) is 1.32. The van der Waals surface area contributed by atoms with Crippen LogP contribution in [0.5, 0.6) is 0 Å². The second-order valence-corrected chi connectivity index (χ2v) is 5.54. The Balaban J connectivity index is 1.79. The summed E-state index contributed by atoms with van der Waals surface area (Å²) in [6.45, 7) is 1.55. The molecule has 2 N–H and O–H groups in total. The van der Waals surface area contributed by atoms with Crippen molar-refractivity contribution in [3.8, 4) is 0 Å². The molecule has 1 atom stereocenters. The molecule has 98 valence electrons. The van der Waals surface area contributed by atoms with Crippen molar-refractivity contribution in [1.82, 2.24) is 19.8 Å². The van der Waals surface area contributed by atoms with Gasteiger partial charge >= 0.3 is 0 Å². The summed E-state index contributed by atoms with van der Waals surface area (Å²) in [5.41, 5.74) is 5.49. The van der Waals surface area contributed by atoms with Crippen LogP contribution in [0, 0.1) is 0 Å². The molecule has 0 amide bonds. The van der Waals surface area contributed by atoms with E-state index in [2.05, 4.69) is 15.3 Å². The van der Waals surface area contributed by atoms with Crippen molar-refractivity contribution in [3.05, 3.63) is 10.8 Å². The monoisotopic (exact) mass is 267 g/mol. The highest BCUT2D eigenvalue weighted by Gasteiger charge is 2.24. The molecule has 0 spiro atoms. The van der Waals surface area contributed by atoms with Gasteiger partial charge in [-0.15, -0.1) is 10.2 Å². The lowest BCUT2D eigenvalue weighted by atomic mass is 10.2. The van der Waals surface area contributed by atoms with E-state index in [1.165, 1.54) is 0 Å². The standard InChI is InChI=1S/C11H17N5OS/c12-6-2-1-5-9-15-16-10(8-4-3-7-17-8)13-14-11(16)18-9/h8H,1-7,12H2. The number of ether oxygens (including phenoxy) is 1. The Morgan fingerprint density at radius 2 is 2.33 bits per heavy atom. The molecule has 2 aromatic rings. The van der Waals surface area contributed by atoms with Crippen molar-refractivity contribution >= 4 is 16.3 Å². The molecule has 2 aromatic heterocycles. The summed E-state index contributed by atoms with van der Waals surface area (Å²) >= 11 is 1.61. The molecular weight excluding hydrogens is 250 g/mol. The van der Waals surface area contributed by atoms with Gasteiger partial charge in [0.2, 0.25) is 4.96 Å². The van der Waals surface area contributed by atoms with Gasteiger partial charge in [-0.25, -0.2) is 0 Å². The summed E-state index contributed by atoms with van der Waals surface area (Å²) in [6, 6.07) is 0. The van der Waals surface area contributed by atoms with Gasteiger partial charge in [0.05, 0.1) is 0 Å². The number of aromatic nitrogens is 4. The molecule has 18 heavy (non-hydrogen) atoms. The number of hydrogen-bond donors (Lipinski definition) is 1. The van der Waals surface area contributed by atoms with E-state index in [1.807, 2.05) is 4.52 Å². The van der Waals surface area contributed by atoms with Gasteiger partial charge in [-0.2, -0.15) is 9.61 Å². The van der Waals surface area contributed by atoms with Crippen LogP contribution in [0.1, 0.15) is 42.6 Å². The zero-order valence-corrected chi connectivity index (χ0v) is 11.0. The number of nitrogens with zero attached hydrogens (tertiary/aromatic N) is 4. The van der Waals surface area contributed by atoms with Crippen LogP contribution in [0.4, 0.5) is 0 Å². The zero-order valence-electron chi connectivity index (χ0n) is 10.2. The topological polar surface area (TPSA) is 78.3 Å². The van der Waals surface area contributed by atoms with E-state index in [0.29, 0.717) is 0 Å². The Morgan fingerprint density at radius 3 is 3.11 bits per heavy atom. The number of fused-ring (bicyclic) bond motifs is 1. The van der Waals surface area contributed by atoms with Crippen LogP contribution in [-0.2, 0) is 11.2 Å². The molecule has 0 bridgehead atoms. The molecule has 0 aliphatic carbocycles. The fourth-order valence-electron chi connectivity index (χ4n) is 2.18. The van der Waals surface area contributed by atoms with Gasteiger partial charge in [0.25, 0.3) is 0 Å². The molecule has 6 nitrogen and oxygen atoms in total. The maximum absolute atomic E-state index is 5.64. The number of aryl methyl sites for hydroxylation is 1. The normalized spacial score (nSPS) is 19.9. The van der Waals surface area contributed by atoms with Gasteiger partial charge in [-0.3, -0.25) is 0 Å². The Bertz CT molecular complexity index is 516. The Morgan fingerprint density at radius 1 is 1.39 bits per heavy atom. The maximum atomic E-state index is 5.64. The van der Waals surface area contributed by atoms with E-state index in [-0.39, 0.29) is 6.10 Å². The Kier molecular flexibility index (Phi) is 3.53. The van der Waals surface area contributed by atoms with Gasteiger partial charge < -0.3 is 10.5 Å². The van der Waals surface area contributed by atoms with Crippen LogP contribution in [0.15, 0.2) is 0 Å². The third kappa shape index (κ3) is 2.25. The van der Waals surface area contributed by atoms with E-state index in [4.69, 9.17) is 10.5 Å².